The van der Waals surface area contributed by atoms with Gasteiger partial charge in [-0.15, -0.1) is 0 Å². The Labute approximate surface area is 119 Å². The molecule has 0 heterocycles. The number of benzene rings is 2. The van der Waals surface area contributed by atoms with E-state index in [0.29, 0.717) is 17.0 Å². The lowest BCUT2D eigenvalue weighted by molar-refractivity contribution is 0.0818. The number of ketones is 1. The van der Waals surface area contributed by atoms with E-state index in [-0.39, 0.29) is 5.78 Å². The van der Waals surface area contributed by atoms with Gasteiger partial charge in [-0.1, -0.05) is 12.1 Å². The molecular formula is C17H19NO2. The van der Waals surface area contributed by atoms with E-state index in [9.17, 15) is 4.79 Å². The lowest BCUT2D eigenvalue weighted by atomic mass is 10.0. The Morgan fingerprint density at radius 3 is 2.30 bits per heavy atom. The molecule has 1 atom stereocenters. The lowest BCUT2D eigenvalue weighted by Crippen LogP contribution is -2.24. The summed E-state index contributed by atoms with van der Waals surface area (Å²) >= 11 is 0. The van der Waals surface area contributed by atoms with Gasteiger partial charge in [0.1, 0.15) is 5.75 Å². The van der Waals surface area contributed by atoms with Crippen LogP contribution in [0, 0.1) is 13.8 Å². The number of hydrogen-bond acceptors (Lipinski definition) is 3. The zero-order valence-corrected chi connectivity index (χ0v) is 12.0. The van der Waals surface area contributed by atoms with Gasteiger partial charge in [0.25, 0.3) is 0 Å². The third-order valence-corrected chi connectivity index (χ3v) is 3.35. The van der Waals surface area contributed by atoms with Gasteiger partial charge in [0, 0.05) is 11.3 Å². The highest BCUT2D eigenvalue weighted by atomic mass is 16.5. The molecular weight excluding hydrogens is 250 g/mol. The molecule has 3 nitrogen and oxygen atoms in total. The normalized spacial score (nSPS) is 11.9. The fraction of sp³-hybridized carbons (Fsp3) is 0.235. The van der Waals surface area contributed by atoms with E-state index in [1.807, 2.05) is 32.0 Å². The number of Topliss-reactive ketones (excluding diaryl/α,β-unsaturated/α-hetero) is 1. The highest BCUT2D eigenvalue weighted by Crippen LogP contribution is 2.17. The zero-order valence-electron chi connectivity index (χ0n) is 12.0. The van der Waals surface area contributed by atoms with Crippen molar-refractivity contribution < 1.29 is 9.53 Å². The van der Waals surface area contributed by atoms with Crippen LogP contribution in [-0.4, -0.2) is 11.9 Å². The van der Waals surface area contributed by atoms with Gasteiger partial charge in [-0.05, 0) is 62.2 Å². The largest absolute Gasteiger partial charge is 0.483 e. The third kappa shape index (κ3) is 3.18. The van der Waals surface area contributed by atoms with E-state index in [1.54, 1.807) is 31.2 Å². The number of anilines is 1. The van der Waals surface area contributed by atoms with Crippen LogP contribution in [0.4, 0.5) is 5.69 Å². The van der Waals surface area contributed by atoms with E-state index in [2.05, 4.69) is 0 Å². The minimum absolute atomic E-state index is 0.0232. The maximum Gasteiger partial charge on any atom is 0.203 e. The minimum Gasteiger partial charge on any atom is -0.483 e. The van der Waals surface area contributed by atoms with Crippen molar-refractivity contribution in [2.45, 2.75) is 26.9 Å². The molecule has 0 radical (unpaired) electrons. The van der Waals surface area contributed by atoms with E-state index in [4.69, 9.17) is 10.5 Å². The molecule has 0 amide bonds. The average Bonchev–Trinajstić information content (AvgIpc) is 2.43. The van der Waals surface area contributed by atoms with Crippen molar-refractivity contribution in [2.75, 3.05) is 5.73 Å². The Morgan fingerprint density at radius 2 is 1.70 bits per heavy atom. The standard InChI is InChI=1S/C17H19NO2/c1-11-4-5-14(10-12(11)2)17(19)13(3)20-16-8-6-15(18)7-9-16/h4-10,13H,18H2,1-3H3. The molecule has 20 heavy (non-hydrogen) atoms. The van der Waals surface area contributed by atoms with Crippen LogP contribution in [0.15, 0.2) is 42.5 Å². The lowest BCUT2D eigenvalue weighted by Gasteiger charge is -2.14. The molecule has 2 rings (SSSR count). The molecule has 2 aromatic carbocycles. The fourth-order valence-corrected chi connectivity index (χ4v) is 1.93. The summed E-state index contributed by atoms with van der Waals surface area (Å²) in [5.41, 5.74) is 9.25. The highest BCUT2D eigenvalue weighted by Gasteiger charge is 2.17. The van der Waals surface area contributed by atoms with Crippen molar-refractivity contribution in [3.63, 3.8) is 0 Å². The summed E-state index contributed by atoms with van der Waals surface area (Å²) in [6.45, 7) is 5.78. The van der Waals surface area contributed by atoms with Crippen molar-refractivity contribution in [1.29, 1.82) is 0 Å². The predicted molar refractivity (Wildman–Crippen MR) is 81.2 cm³/mol. The molecule has 0 aliphatic rings. The minimum atomic E-state index is -0.527. The number of ether oxygens (including phenoxy) is 1. The Kier molecular flexibility index (Phi) is 4.08. The first-order valence-corrected chi connectivity index (χ1v) is 6.61. The van der Waals surface area contributed by atoms with Crippen molar-refractivity contribution in [2.24, 2.45) is 0 Å². The number of hydrogen-bond donors (Lipinski definition) is 1. The van der Waals surface area contributed by atoms with Gasteiger partial charge in [-0.3, -0.25) is 4.79 Å². The number of nitrogen functional groups attached to an aromatic ring is 1. The number of rotatable bonds is 4. The van der Waals surface area contributed by atoms with Crippen LogP contribution in [0.2, 0.25) is 0 Å². The van der Waals surface area contributed by atoms with Crippen LogP contribution in [-0.2, 0) is 0 Å². The predicted octanol–water partition coefficient (Wildman–Crippen LogP) is 3.54. The molecule has 0 bridgehead atoms. The molecule has 0 spiro atoms. The summed E-state index contributed by atoms with van der Waals surface area (Å²) in [6.07, 6.45) is -0.527. The summed E-state index contributed by atoms with van der Waals surface area (Å²) in [5.74, 6) is 0.619. The van der Waals surface area contributed by atoms with Crippen LogP contribution in [0.25, 0.3) is 0 Å². The zero-order chi connectivity index (χ0) is 14.7. The van der Waals surface area contributed by atoms with Crippen LogP contribution in [0.3, 0.4) is 0 Å². The summed E-state index contributed by atoms with van der Waals surface area (Å²) < 4.78 is 5.65. The number of aryl methyl sites for hydroxylation is 2. The first-order valence-electron chi connectivity index (χ1n) is 6.61. The molecule has 0 aliphatic heterocycles. The third-order valence-electron chi connectivity index (χ3n) is 3.35. The van der Waals surface area contributed by atoms with Gasteiger partial charge in [0.2, 0.25) is 5.78 Å². The summed E-state index contributed by atoms with van der Waals surface area (Å²) in [6, 6.07) is 12.7. The number of carbonyl (C=O) groups excluding carboxylic acids is 1. The van der Waals surface area contributed by atoms with Gasteiger partial charge >= 0.3 is 0 Å². The number of carbonyl (C=O) groups is 1. The second-order valence-electron chi connectivity index (χ2n) is 4.99. The molecule has 0 aliphatic carbocycles. The SMILES string of the molecule is Cc1ccc(C(=O)C(C)Oc2ccc(N)cc2)cc1C. The molecule has 0 fully saturated rings. The van der Waals surface area contributed by atoms with Gasteiger partial charge in [0.05, 0.1) is 0 Å². The van der Waals surface area contributed by atoms with Crippen LogP contribution in [0.5, 0.6) is 5.75 Å². The number of nitrogens with two attached hydrogens (primary N) is 1. The van der Waals surface area contributed by atoms with Crippen molar-refractivity contribution in [3.05, 3.63) is 59.2 Å². The molecule has 0 aromatic heterocycles. The van der Waals surface area contributed by atoms with Gasteiger partial charge in [-0.25, -0.2) is 0 Å². The van der Waals surface area contributed by atoms with Gasteiger partial charge in [-0.2, -0.15) is 0 Å². The highest BCUT2D eigenvalue weighted by molar-refractivity contribution is 5.99. The summed E-state index contributed by atoms with van der Waals surface area (Å²) in [5, 5.41) is 0. The molecule has 2 N–H and O–H groups in total. The van der Waals surface area contributed by atoms with Crippen LogP contribution < -0.4 is 10.5 Å². The van der Waals surface area contributed by atoms with E-state index >= 15 is 0 Å². The van der Waals surface area contributed by atoms with Gasteiger partial charge < -0.3 is 10.5 Å². The van der Waals surface area contributed by atoms with Crippen LogP contribution in [0.1, 0.15) is 28.4 Å². The molecule has 104 valence electrons. The Balaban J connectivity index is 2.11. The van der Waals surface area contributed by atoms with E-state index < -0.39 is 6.10 Å². The van der Waals surface area contributed by atoms with Crippen LogP contribution >= 0.6 is 0 Å². The maximum atomic E-state index is 12.3. The monoisotopic (exact) mass is 269 g/mol. The summed E-state index contributed by atoms with van der Waals surface area (Å²) in [4.78, 5) is 12.3. The first-order chi connectivity index (χ1) is 9.47. The maximum absolute atomic E-state index is 12.3. The van der Waals surface area contributed by atoms with E-state index in [1.165, 1.54) is 5.56 Å². The first kappa shape index (κ1) is 14.1. The summed E-state index contributed by atoms with van der Waals surface area (Å²) in [7, 11) is 0. The second-order valence-corrected chi connectivity index (χ2v) is 4.99. The molecule has 1 unspecified atom stereocenters. The van der Waals surface area contributed by atoms with Gasteiger partial charge in [0.15, 0.2) is 6.10 Å². The van der Waals surface area contributed by atoms with Crippen molar-refractivity contribution >= 4 is 11.5 Å². The Bertz CT molecular complexity index is 617. The quantitative estimate of drug-likeness (QED) is 0.682. The molecule has 0 saturated carbocycles. The van der Waals surface area contributed by atoms with Crippen molar-refractivity contribution in [1.82, 2.24) is 0 Å². The smallest absolute Gasteiger partial charge is 0.203 e. The average molecular weight is 269 g/mol. The Morgan fingerprint density at radius 1 is 1.05 bits per heavy atom. The Hall–Kier alpha value is -2.29. The van der Waals surface area contributed by atoms with E-state index in [0.717, 1.165) is 5.56 Å². The molecule has 3 heteroatoms. The van der Waals surface area contributed by atoms with Crippen molar-refractivity contribution in [3.8, 4) is 5.75 Å². The second kappa shape index (κ2) is 5.78. The fourth-order valence-electron chi connectivity index (χ4n) is 1.93. The topological polar surface area (TPSA) is 52.3 Å². The molecule has 2 aromatic rings. The molecule has 0 saturated heterocycles.